The van der Waals surface area contributed by atoms with Crippen molar-refractivity contribution in [1.82, 2.24) is 19.8 Å². The van der Waals surface area contributed by atoms with Crippen LogP contribution < -0.4 is 15.4 Å². The highest BCUT2D eigenvalue weighted by atomic mass is 32.1. The fraction of sp³-hybridized carbons (Fsp3) is 0.444. The van der Waals surface area contributed by atoms with Crippen molar-refractivity contribution in [1.29, 1.82) is 0 Å². The first kappa shape index (κ1) is 33.1. The minimum absolute atomic E-state index is 0.114. The molecule has 4 atom stereocenters. The molecule has 1 amide bonds. The number of nitrogen functional groups attached to an aromatic ring is 1. The van der Waals surface area contributed by atoms with Crippen LogP contribution in [0.2, 0.25) is 0 Å². The molecule has 0 spiro atoms. The van der Waals surface area contributed by atoms with Gasteiger partial charge in [0, 0.05) is 43.9 Å². The van der Waals surface area contributed by atoms with Gasteiger partial charge in [0.05, 0.1) is 46.0 Å². The van der Waals surface area contributed by atoms with Crippen molar-refractivity contribution in [2.75, 3.05) is 57.1 Å². The van der Waals surface area contributed by atoms with E-state index >= 15 is 0 Å². The summed E-state index contributed by atoms with van der Waals surface area (Å²) in [6.07, 6.45) is 3.39. The van der Waals surface area contributed by atoms with Crippen LogP contribution in [0.25, 0.3) is 37.0 Å². The summed E-state index contributed by atoms with van der Waals surface area (Å²) in [5.74, 6) is 0.0665. The van der Waals surface area contributed by atoms with Gasteiger partial charge in [-0.2, -0.15) is 9.97 Å². The number of carbonyl (C=O) groups excluding carboxylic acids is 1. The molecule has 5 heterocycles. The van der Waals surface area contributed by atoms with Crippen molar-refractivity contribution < 1.29 is 23.0 Å². The number of nitrogens with zero attached hydrogens (tertiary/aromatic N) is 6. The Hall–Kier alpha value is -4.38. The molecule has 2 aromatic carbocycles. The predicted molar refractivity (Wildman–Crippen MR) is 189 cm³/mol. The summed E-state index contributed by atoms with van der Waals surface area (Å²) >= 11 is 1.06. The zero-order chi connectivity index (χ0) is 34.4. The van der Waals surface area contributed by atoms with Gasteiger partial charge in [0.1, 0.15) is 24.4 Å². The molecule has 0 bridgehead atoms. The number of anilines is 2. The lowest BCUT2D eigenvalue weighted by atomic mass is 9.95. The molecule has 256 valence electrons. The number of rotatable bonds is 10. The van der Waals surface area contributed by atoms with Crippen LogP contribution in [-0.4, -0.2) is 96.0 Å². The lowest BCUT2D eigenvalue weighted by molar-refractivity contribution is -0.127. The number of aromatic nitrogens is 2. The van der Waals surface area contributed by atoms with Gasteiger partial charge in [0.25, 0.3) is 0 Å². The predicted octanol–water partition coefficient (Wildman–Crippen LogP) is 6.37. The average molecular weight is 688 g/mol. The van der Waals surface area contributed by atoms with Crippen LogP contribution in [0.15, 0.2) is 43.0 Å². The molecule has 2 aromatic heterocycles. The van der Waals surface area contributed by atoms with Crippen LogP contribution in [-0.2, 0) is 9.53 Å². The molecule has 0 saturated carbocycles. The number of nitrogens with two attached hydrogens (primary N) is 1. The summed E-state index contributed by atoms with van der Waals surface area (Å²) in [4.78, 5) is 32.5. The topological polar surface area (TPSA) is 101 Å². The number of likely N-dealkylation sites (N-methyl/N-ethyl adjacent to an activating group) is 1. The number of fused-ring (bicyclic) bond motifs is 3. The molecule has 49 heavy (non-hydrogen) atoms. The Morgan fingerprint density at radius 2 is 2.14 bits per heavy atom. The molecule has 2 N–H and O–H groups in total. The normalized spacial score (nSPS) is 23.7. The maximum atomic E-state index is 14.9. The van der Waals surface area contributed by atoms with Crippen LogP contribution in [0.3, 0.4) is 0 Å². The van der Waals surface area contributed by atoms with Gasteiger partial charge in [-0.3, -0.25) is 9.69 Å². The van der Waals surface area contributed by atoms with E-state index in [0.29, 0.717) is 66.1 Å². The molecular formula is C36H39F2N7O3S. The van der Waals surface area contributed by atoms with E-state index < -0.39 is 12.0 Å². The highest BCUT2D eigenvalue weighted by molar-refractivity contribution is 7.23. The van der Waals surface area contributed by atoms with Crippen LogP contribution in [0.1, 0.15) is 32.6 Å². The number of methoxy groups -OCH3 is 1. The van der Waals surface area contributed by atoms with Crippen molar-refractivity contribution in [2.45, 2.75) is 56.4 Å². The lowest BCUT2D eigenvalue weighted by Gasteiger charge is -2.36. The Balaban J connectivity index is 1.35. The molecular weight excluding hydrogens is 649 g/mol. The van der Waals surface area contributed by atoms with Crippen LogP contribution >= 0.6 is 11.3 Å². The van der Waals surface area contributed by atoms with Crippen LogP contribution in [0, 0.1) is 12.4 Å². The zero-order valence-electron chi connectivity index (χ0n) is 27.6. The molecule has 3 saturated heterocycles. The summed E-state index contributed by atoms with van der Waals surface area (Å²) in [6, 6.07) is 8.63. The van der Waals surface area contributed by atoms with Gasteiger partial charge in [-0.1, -0.05) is 18.7 Å². The second-order valence-electron chi connectivity index (χ2n) is 13.1. The average Bonchev–Trinajstić information content (AvgIpc) is 3.85. The molecule has 3 fully saturated rings. The summed E-state index contributed by atoms with van der Waals surface area (Å²) in [5, 5.41) is 1.51. The molecule has 3 aliphatic heterocycles. The van der Waals surface area contributed by atoms with Gasteiger partial charge in [-0.05, 0) is 68.1 Å². The number of hydrogen-bond acceptors (Lipinski definition) is 9. The quantitative estimate of drug-likeness (QED) is 0.152. The van der Waals surface area contributed by atoms with Gasteiger partial charge < -0.3 is 25.0 Å². The zero-order valence-corrected chi connectivity index (χ0v) is 28.4. The SMILES string of the molecule is [C-]#[N+]c1c(N)sc2c(F)ccc(-c3ccc4c(N(CC)C5CCN(C(=O)C=C)C5COC)nc(OCC56CCCN5CC(F)C6)nc4c3)c12. The number of benzene rings is 2. The number of ether oxygens (including phenoxy) is 2. The molecule has 4 unspecified atom stereocenters. The Bertz CT molecular complexity index is 1980. The Morgan fingerprint density at radius 3 is 2.90 bits per heavy atom. The Kier molecular flexibility index (Phi) is 8.89. The third-order valence-corrected chi connectivity index (χ3v) is 11.4. The molecule has 13 heteroatoms. The summed E-state index contributed by atoms with van der Waals surface area (Å²) in [6.45, 7) is 16.5. The van der Waals surface area contributed by atoms with Crippen molar-refractivity contribution in [3.8, 4) is 17.1 Å². The molecule has 3 aliphatic rings. The first-order valence-electron chi connectivity index (χ1n) is 16.6. The number of halogens is 2. The number of likely N-dealkylation sites (tertiary alicyclic amines) is 1. The van der Waals surface area contributed by atoms with Gasteiger partial charge in [-0.15, -0.1) is 11.3 Å². The van der Waals surface area contributed by atoms with E-state index in [-0.39, 0.29) is 46.8 Å². The van der Waals surface area contributed by atoms with Gasteiger partial charge in [0.2, 0.25) is 11.6 Å². The smallest absolute Gasteiger partial charge is 0.319 e. The fourth-order valence-electron chi connectivity index (χ4n) is 8.22. The number of alkyl halides is 1. The molecule has 7 rings (SSSR count). The largest absolute Gasteiger partial charge is 0.461 e. The van der Waals surface area contributed by atoms with E-state index in [1.165, 1.54) is 12.1 Å². The summed E-state index contributed by atoms with van der Waals surface area (Å²) in [5.41, 5.74) is 7.98. The first-order valence-corrected chi connectivity index (χ1v) is 17.4. The minimum Gasteiger partial charge on any atom is -0.461 e. The van der Waals surface area contributed by atoms with E-state index in [1.54, 1.807) is 18.1 Å². The molecule has 4 aromatic rings. The highest BCUT2D eigenvalue weighted by Gasteiger charge is 2.49. The van der Waals surface area contributed by atoms with E-state index in [4.69, 9.17) is 31.7 Å². The fourth-order valence-corrected chi connectivity index (χ4v) is 9.16. The second kappa shape index (κ2) is 13.2. The standard InChI is InChI=1S/C36H39F2N7O3S/c1-5-29(46)45-15-12-27(28(45)19-47-4)44(6-2)34-24-9-8-21(23-10-11-25(38)32-30(23)31(40-3)33(39)49-32)16-26(24)41-35(42-34)48-20-36-13-7-14-43(36)18-22(37)17-36/h5,8-11,16,22,27-28H,1,6-7,12-15,17-20,39H2,2,4H3. The lowest BCUT2D eigenvalue weighted by Crippen LogP contribution is -2.49. The highest BCUT2D eigenvalue weighted by Crippen LogP contribution is 2.47. The number of amides is 1. The van der Waals surface area contributed by atoms with Crippen molar-refractivity contribution in [3.63, 3.8) is 0 Å². The molecule has 0 aliphatic carbocycles. The minimum atomic E-state index is -0.893. The summed E-state index contributed by atoms with van der Waals surface area (Å²) < 4.78 is 41.8. The van der Waals surface area contributed by atoms with Crippen molar-refractivity contribution >= 4 is 54.7 Å². The monoisotopic (exact) mass is 687 g/mol. The number of carbonyl (C=O) groups is 1. The number of hydrogen-bond donors (Lipinski definition) is 1. The maximum absolute atomic E-state index is 14.9. The summed E-state index contributed by atoms with van der Waals surface area (Å²) in [7, 11) is 1.62. The second-order valence-corrected chi connectivity index (χ2v) is 14.1. The molecule has 0 radical (unpaired) electrons. The van der Waals surface area contributed by atoms with Gasteiger partial charge in [0.15, 0.2) is 0 Å². The maximum Gasteiger partial charge on any atom is 0.319 e. The third-order valence-electron chi connectivity index (χ3n) is 10.4. The first-order chi connectivity index (χ1) is 23.7. The van der Waals surface area contributed by atoms with Crippen LogP contribution in [0.5, 0.6) is 6.01 Å². The van der Waals surface area contributed by atoms with E-state index in [1.807, 2.05) is 25.1 Å². The van der Waals surface area contributed by atoms with E-state index in [0.717, 1.165) is 41.7 Å². The van der Waals surface area contributed by atoms with Crippen LogP contribution in [0.4, 0.5) is 25.3 Å². The van der Waals surface area contributed by atoms with Crippen molar-refractivity contribution in [2.24, 2.45) is 0 Å². The number of thiophene rings is 1. The van der Waals surface area contributed by atoms with Crippen molar-refractivity contribution in [3.05, 3.63) is 60.2 Å². The third kappa shape index (κ3) is 5.65. The van der Waals surface area contributed by atoms with Gasteiger partial charge in [-0.25, -0.2) is 13.6 Å². The van der Waals surface area contributed by atoms with Gasteiger partial charge >= 0.3 is 6.01 Å². The van der Waals surface area contributed by atoms with E-state index in [9.17, 15) is 13.6 Å². The molecule has 10 nitrogen and oxygen atoms in total. The Labute approximate surface area is 287 Å². The Morgan fingerprint density at radius 1 is 1.31 bits per heavy atom. The van der Waals surface area contributed by atoms with E-state index in [2.05, 4.69) is 21.2 Å².